The molecule has 0 aliphatic rings. The van der Waals surface area contributed by atoms with Gasteiger partial charge in [-0.3, -0.25) is 14.4 Å². The van der Waals surface area contributed by atoms with E-state index in [1.807, 2.05) is 38.1 Å². The molecule has 0 aliphatic carbocycles. The third-order valence-electron chi connectivity index (χ3n) is 5.08. The Morgan fingerprint density at radius 1 is 1.06 bits per heavy atom. The van der Waals surface area contributed by atoms with Crippen LogP contribution in [0.15, 0.2) is 53.4 Å². The summed E-state index contributed by atoms with van der Waals surface area (Å²) in [4.78, 5) is 37.9. The normalized spacial score (nSPS) is 12.5. The van der Waals surface area contributed by atoms with Gasteiger partial charge in [-0.05, 0) is 48.1 Å². The Morgan fingerprint density at radius 2 is 1.78 bits per heavy atom. The largest absolute Gasteiger partial charge is 0.347 e. The average Bonchev–Trinajstić information content (AvgIpc) is 3.25. The maximum absolute atomic E-state index is 13.2. The molecule has 0 aliphatic heterocycles. The lowest BCUT2D eigenvalue weighted by molar-refractivity contribution is -0.126. The van der Waals surface area contributed by atoms with Crippen LogP contribution < -0.4 is 15.4 Å². The number of sulfonamides is 1. The maximum Gasteiger partial charge on any atom is 0.262 e. The summed E-state index contributed by atoms with van der Waals surface area (Å²) in [5.41, 5.74) is 0. The van der Waals surface area contributed by atoms with Crippen molar-refractivity contribution >= 4 is 60.6 Å². The van der Waals surface area contributed by atoms with Gasteiger partial charge in [-0.2, -0.15) is 0 Å². The van der Waals surface area contributed by atoms with Gasteiger partial charge >= 0.3 is 0 Å². The number of hydrogen-bond acceptors (Lipinski definition) is 6. The van der Waals surface area contributed by atoms with Crippen molar-refractivity contribution in [3.8, 4) is 0 Å². The van der Waals surface area contributed by atoms with Crippen LogP contribution in [-0.4, -0.2) is 45.1 Å². The van der Waals surface area contributed by atoms with Crippen LogP contribution in [0.1, 0.15) is 29.9 Å². The smallest absolute Gasteiger partial charge is 0.262 e. The van der Waals surface area contributed by atoms with Gasteiger partial charge in [-0.25, -0.2) is 17.5 Å². The third kappa shape index (κ3) is 7.33. The highest BCUT2D eigenvalue weighted by atomic mass is 35.5. The molecular formula is C24H25ClFN3O5S2. The van der Waals surface area contributed by atoms with Gasteiger partial charge in [0.25, 0.3) is 5.91 Å². The lowest BCUT2D eigenvalue weighted by atomic mass is 10.0. The molecule has 3 rings (SSSR count). The van der Waals surface area contributed by atoms with Gasteiger partial charge < -0.3 is 10.6 Å². The highest BCUT2D eigenvalue weighted by Crippen LogP contribution is 2.25. The van der Waals surface area contributed by atoms with Crippen LogP contribution >= 0.6 is 22.9 Å². The summed E-state index contributed by atoms with van der Waals surface area (Å²) in [5, 5.41) is 5.78. The van der Waals surface area contributed by atoms with E-state index in [9.17, 15) is 27.2 Å². The second-order valence-electron chi connectivity index (χ2n) is 8.46. The topological polar surface area (TPSA) is 121 Å². The first kappa shape index (κ1) is 27.7. The highest BCUT2D eigenvalue weighted by molar-refractivity contribution is 7.89. The van der Waals surface area contributed by atoms with Crippen LogP contribution in [0.5, 0.6) is 0 Å². The predicted molar refractivity (Wildman–Crippen MR) is 137 cm³/mol. The van der Waals surface area contributed by atoms with E-state index in [1.165, 1.54) is 11.3 Å². The summed E-state index contributed by atoms with van der Waals surface area (Å²) in [5.74, 6) is -2.20. The highest BCUT2D eigenvalue weighted by Gasteiger charge is 2.24. The van der Waals surface area contributed by atoms with Crippen molar-refractivity contribution < 1.29 is 27.2 Å². The number of ketones is 1. The number of halogens is 2. The van der Waals surface area contributed by atoms with Gasteiger partial charge in [-0.1, -0.05) is 43.6 Å². The fourth-order valence-corrected chi connectivity index (χ4v) is 5.85. The minimum Gasteiger partial charge on any atom is -0.347 e. The molecule has 0 saturated carbocycles. The molecule has 2 aromatic carbocycles. The Morgan fingerprint density at radius 3 is 2.44 bits per heavy atom. The van der Waals surface area contributed by atoms with E-state index in [4.69, 9.17) is 11.6 Å². The predicted octanol–water partition coefficient (Wildman–Crippen LogP) is 3.50. The minimum atomic E-state index is -4.17. The monoisotopic (exact) mass is 553 g/mol. The van der Waals surface area contributed by atoms with Gasteiger partial charge in [0.2, 0.25) is 15.9 Å². The molecule has 0 unspecified atom stereocenters. The first-order chi connectivity index (χ1) is 17.0. The summed E-state index contributed by atoms with van der Waals surface area (Å²) >= 11 is 7.09. The SMILES string of the molecule is CC(C)C[C@H](NC(=O)c1cc2ccccc2s1)C(=O)NCC(=O)CNS(=O)(=O)c1ccc(F)cc1Cl. The second-order valence-corrected chi connectivity index (χ2v) is 11.7. The van der Waals surface area contributed by atoms with Crippen molar-refractivity contribution in [3.63, 3.8) is 0 Å². The molecule has 8 nitrogen and oxygen atoms in total. The van der Waals surface area contributed by atoms with Crippen LogP contribution in [-0.2, 0) is 19.6 Å². The summed E-state index contributed by atoms with van der Waals surface area (Å²) in [6.07, 6.45) is 0.340. The molecule has 3 aromatic rings. The van der Waals surface area contributed by atoms with E-state index >= 15 is 0 Å². The molecule has 0 fully saturated rings. The summed E-state index contributed by atoms with van der Waals surface area (Å²) < 4.78 is 40.9. The Bertz CT molecular complexity index is 1360. The number of hydrogen-bond donors (Lipinski definition) is 3. The van der Waals surface area contributed by atoms with Crippen molar-refractivity contribution in [3.05, 3.63) is 64.2 Å². The molecule has 192 valence electrons. The molecule has 1 aromatic heterocycles. The number of carbonyl (C=O) groups excluding carboxylic acids is 3. The second kappa shape index (κ2) is 11.9. The van der Waals surface area contributed by atoms with Crippen molar-refractivity contribution in [1.82, 2.24) is 15.4 Å². The maximum atomic E-state index is 13.2. The van der Waals surface area contributed by atoms with E-state index in [-0.39, 0.29) is 15.8 Å². The molecule has 2 amide bonds. The standard InChI is InChI=1S/C24H25ClFN3O5S2/c1-14(2)9-19(29-24(32)21-10-15-5-3-4-6-20(15)35-21)23(31)27-12-17(30)13-28-36(33,34)22-8-7-16(26)11-18(22)25/h3-8,10-11,14,19,28H,9,12-13H2,1-2H3,(H,27,31)(H,29,32)/t19-/m0/s1. The van der Waals surface area contributed by atoms with E-state index in [0.717, 1.165) is 28.3 Å². The average molecular weight is 554 g/mol. The fraction of sp³-hybridized carbons (Fsp3) is 0.292. The van der Waals surface area contributed by atoms with Crippen LogP contribution in [0.25, 0.3) is 10.1 Å². The molecule has 12 heteroatoms. The number of Topliss-reactive ketones (excluding diaryl/α,β-unsaturated/α-hetero) is 1. The fourth-order valence-electron chi connectivity index (χ4n) is 3.34. The molecule has 0 bridgehead atoms. The lowest BCUT2D eigenvalue weighted by Crippen LogP contribution is -2.49. The zero-order valence-corrected chi connectivity index (χ0v) is 21.9. The first-order valence-electron chi connectivity index (χ1n) is 11.0. The van der Waals surface area contributed by atoms with Crippen molar-refractivity contribution in [2.45, 2.75) is 31.2 Å². The van der Waals surface area contributed by atoms with Gasteiger partial charge in [0.05, 0.1) is 23.0 Å². The number of carbonyl (C=O) groups is 3. The zero-order chi connectivity index (χ0) is 26.5. The van der Waals surface area contributed by atoms with Gasteiger partial charge in [-0.15, -0.1) is 11.3 Å². The molecule has 0 radical (unpaired) electrons. The van der Waals surface area contributed by atoms with Crippen LogP contribution in [0.2, 0.25) is 5.02 Å². The first-order valence-corrected chi connectivity index (χ1v) is 13.7. The van der Waals surface area contributed by atoms with Crippen LogP contribution in [0.3, 0.4) is 0 Å². The van der Waals surface area contributed by atoms with E-state index in [1.54, 1.807) is 6.07 Å². The zero-order valence-electron chi connectivity index (χ0n) is 19.5. The van der Waals surface area contributed by atoms with Gasteiger partial charge in [0.1, 0.15) is 16.8 Å². The van der Waals surface area contributed by atoms with Crippen LogP contribution in [0.4, 0.5) is 4.39 Å². The molecule has 0 saturated heterocycles. The quantitative estimate of drug-likeness (QED) is 0.335. The number of rotatable bonds is 11. The Hall–Kier alpha value is -2.86. The summed E-state index contributed by atoms with van der Waals surface area (Å²) in [6, 6.07) is 11.2. The van der Waals surface area contributed by atoms with Crippen molar-refractivity contribution in [1.29, 1.82) is 0 Å². The van der Waals surface area contributed by atoms with Crippen molar-refractivity contribution in [2.75, 3.05) is 13.1 Å². The van der Waals surface area contributed by atoms with Crippen molar-refractivity contribution in [2.24, 2.45) is 5.92 Å². The van der Waals surface area contributed by atoms with E-state index in [2.05, 4.69) is 15.4 Å². The lowest BCUT2D eigenvalue weighted by Gasteiger charge is -2.19. The molecule has 0 spiro atoms. The summed E-state index contributed by atoms with van der Waals surface area (Å²) in [6.45, 7) is 2.73. The number of amides is 2. The van der Waals surface area contributed by atoms with Gasteiger partial charge in [0.15, 0.2) is 5.78 Å². The molecule has 1 heterocycles. The molecular weight excluding hydrogens is 529 g/mol. The van der Waals surface area contributed by atoms with E-state index < -0.39 is 52.6 Å². The number of fused-ring (bicyclic) bond motifs is 1. The number of benzene rings is 2. The Balaban J connectivity index is 1.57. The third-order valence-corrected chi connectivity index (χ3v) is 8.08. The summed E-state index contributed by atoms with van der Waals surface area (Å²) in [7, 11) is -4.17. The van der Waals surface area contributed by atoms with E-state index in [0.29, 0.717) is 11.3 Å². The molecule has 1 atom stereocenters. The number of thiophene rings is 1. The Labute approximate surface area is 217 Å². The molecule has 3 N–H and O–H groups in total. The Kier molecular flexibility index (Phi) is 9.18. The molecule has 36 heavy (non-hydrogen) atoms. The number of nitrogens with one attached hydrogen (secondary N) is 3. The van der Waals surface area contributed by atoms with Crippen LogP contribution in [0, 0.1) is 11.7 Å². The minimum absolute atomic E-state index is 0.0754. The van der Waals surface area contributed by atoms with Gasteiger partial charge in [0, 0.05) is 4.70 Å².